The molecule has 2 atom stereocenters. The number of nitrogens with one attached hydrogen (secondary N) is 1. The van der Waals surface area contributed by atoms with Crippen LogP contribution in [0.3, 0.4) is 0 Å². The van der Waals surface area contributed by atoms with Crippen LogP contribution in [0.2, 0.25) is 0 Å². The number of hydrogen-bond donors (Lipinski definition) is 3. The van der Waals surface area contributed by atoms with E-state index in [2.05, 4.69) is 31.3 Å². The van der Waals surface area contributed by atoms with Crippen LogP contribution < -0.4 is 5.32 Å². The van der Waals surface area contributed by atoms with Crippen LogP contribution >= 0.6 is 0 Å². The van der Waals surface area contributed by atoms with Crippen molar-refractivity contribution in [2.45, 2.75) is 193 Å². The quantitative estimate of drug-likeness (QED) is 0.0631. The van der Waals surface area contributed by atoms with Crippen molar-refractivity contribution in [3.05, 3.63) is 12.2 Å². The molecule has 0 heterocycles. The number of amides is 1. The zero-order chi connectivity index (χ0) is 27.9. The second kappa shape index (κ2) is 30.7. The van der Waals surface area contributed by atoms with E-state index in [0.717, 1.165) is 32.1 Å². The fourth-order valence-electron chi connectivity index (χ4n) is 5.13. The number of aliphatic hydroxyl groups excluding tert-OH is 2. The molecule has 4 nitrogen and oxygen atoms in total. The Morgan fingerprint density at radius 2 is 1.00 bits per heavy atom. The summed E-state index contributed by atoms with van der Waals surface area (Å²) in [7, 11) is 0. The Hall–Kier alpha value is -0.870. The third-order valence-electron chi connectivity index (χ3n) is 7.78. The average Bonchev–Trinajstić information content (AvgIpc) is 2.92. The van der Waals surface area contributed by atoms with E-state index in [9.17, 15) is 15.0 Å². The Morgan fingerprint density at radius 1 is 0.605 bits per heavy atom. The van der Waals surface area contributed by atoms with E-state index < -0.39 is 12.1 Å². The number of allylic oxidation sites excluding steroid dienone is 2. The first-order chi connectivity index (χ1) is 18.7. The third-order valence-corrected chi connectivity index (χ3v) is 7.78. The maximum absolute atomic E-state index is 12.2. The minimum Gasteiger partial charge on any atom is -0.394 e. The van der Waals surface area contributed by atoms with Crippen LogP contribution in [-0.2, 0) is 4.79 Å². The molecule has 3 N–H and O–H groups in total. The summed E-state index contributed by atoms with van der Waals surface area (Å²) in [5.41, 5.74) is 0. The number of carbonyl (C=O) groups is 1. The molecule has 0 fully saturated rings. The molecule has 0 rings (SSSR count). The molecule has 0 spiro atoms. The van der Waals surface area contributed by atoms with E-state index in [-0.39, 0.29) is 12.5 Å². The molecular weight excluding hydrogens is 470 g/mol. The van der Waals surface area contributed by atoms with Crippen molar-refractivity contribution in [1.82, 2.24) is 5.32 Å². The lowest BCUT2D eigenvalue weighted by Gasteiger charge is -2.22. The maximum atomic E-state index is 12.2. The summed E-state index contributed by atoms with van der Waals surface area (Å²) in [5, 5.41) is 22.9. The molecule has 0 saturated heterocycles. The molecule has 0 saturated carbocycles. The number of rotatable bonds is 30. The second-order valence-electron chi connectivity index (χ2n) is 11.6. The first kappa shape index (κ1) is 37.1. The average molecular weight is 538 g/mol. The van der Waals surface area contributed by atoms with Crippen molar-refractivity contribution in [1.29, 1.82) is 0 Å². The van der Waals surface area contributed by atoms with Gasteiger partial charge in [-0.3, -0.25) is 4.79 Å². The van der Waals surface area contributed by atoms with Gasteiger partial charge in [-0.1, -0.05) is 154 Å². The minimum atomic E-state index is -0.664. The van der Waals surface area contributed by atoms with E-state index in [4.69, 9.17) is 0 Å². The summed E-state index contributed by atoms with van der Waals surface area (Å²) in [5.74, 6) is -0.0677. The van der Waals surface area contributed by atoms with Gasteiger partial charge in [0.05, 0.1) is 18.8 Å². The van der Waals surface area contributed by atoms with Crippen molar-refractivity contribution >= 4 is 5.91 Å². The highest BCUT2D eigenvalue weighted by Gasteiger charge is 2.19. The molecule has 0 aromatic carbocycles. The zero-order valence-corrected chi connectivity index (χ0v) is 25.7. The van der Waals surface area contributed by atoms with Crippen molar-refractivity contribution < 1.29 is 15.0 Å². The lowest BCUT2D eigenvalue weighted by Crippen LogP contribution is -2.45. The monoisotopic (exact) mass is 538 g/mol. The summed E-state index contributed by atoms with van der Waals surface area (Å²) in [6.45, 7) is 4.30. The largest absolute Gasteiger partial charge is 0.394 e. The number of hydrogen-bond acceptors (Lipinski definition) is 3. The van der Waals surface area contributed by atoms with Gasteiger partial charge in [0.25, 0.3) is 0 Å². The van der Waals surface area contributed by atoms with Crippen LogP contribution in [0.5, 0.6) is 0 Å². The molecule has 0 aromatic rings. The molecule has 0 bridgehead atoms. The van der Waals surface area contributed by atoms with E-state index in [1.54, 1.807) is 0 Å². The smallest absolute Gasteiger partial charge is 0.220 e. The standard InChI is InChI=1S/C34H67NO3/c1-3-5-7-9-11-13-14-15-16-17-18-19-20-22-23-25-27-29-33(37)32(31-36)35-34(38)30-28-26-24-21-12-10-8-6-4-2/h21,24,32-33,36-37H,3-20,22-23,25-31H2,1-2H3,(H,35,38)/b24-21-. The van der Waals surface area contributed by atoms with Crippen molar-refractivity contribution in [2.75, 3.05) is 6.61 Å². The molecule has 0 aliphatic heterocycles. The van der Waals surface area contributed by atoms with E-state index in [0.29, 0.717) is 12.8 Å². The zero-order valence-electron chi connectivity index (χ0n) is 25.7. The Bertz CT molecular complexity index is 508. The van der Waals surface area contributed by atoms with Gasteiger partial charge in [-0.15, -0.1) is 0 Å². The van der Waals surface area contributed by atoms with Crippen LogP contribution in [0.15, 0.2) is 12.2 Å². The van der Waals surface area contributed by atoms with Crippen LogP contribution in [0.1, 0.15) is 181 Å². The molecule has 0 aliphatic rings. The van der Waals surface area contributed by atoms with Gasteiger partial charge in [-0.05, 0) is 32.1 Å². The molecule has 1 amide bonds. The highest BCUT2D eigenvalue weighted by Crippen LogP contribution is 2.15. The Labute approximate surface area is 237 Å². The summed E-state index contributed by atoms with van der Waals surface area (Å²) >= 11 is 0. The van der Waals surface area contributed by atoms with Crippen LogP contribution in [0, 0.1) is 0 Å². The highest BCUT2D eigenvalue weighted by atomic mass is 16.3. The molecule has 226 valence electrons. The van der Waals surface area contributed by atoms with Crippen LogP contribution in [-0.4, -0.2) is 34.9 Å². The second-order valence-corrected chi connectivity index (χ2v) is 11.6. The van der Waals surface area contributed by atoms with Crippen molar-refractivity contribution in [2.24, 2.45) is 0 Å². The normalized spacial score (nSPS) is 13.3. The summed E-state index contributed by atoms with van der Waals surface area (Å²) in [4.78, 5) is 12.2. The third kappa shape index (κ3) is 26.7. The van der Waals surface area contributed by atoms with Gasteiger partial charge in [0.2, 0.25) is 5.91 Å². The first-order valence-electron chi connectivity index (χ1n) is 16.9. The topological polar surface area (TPSA) is 69.6 Å². The van der Waals surface area contributed by atoms with E-state index in [1.165, 1.54) is 122 Å². The van der Waals surface area contributed by atoms with Crippen LogP contribution in [0.4, 0.5) is 0 Å². The maximum Gasteiger partial charge on any atom is 0.220 e. The lowest BCUT2D eigenvalue weighted by atomic mass is 10.0. The van der Waals surface area contributed by atoms with Crippen molar-refractivity contribution in [3.8, 4) is 0 Å². The van der Waals surface area contributed by atoms with Gasteiger partial charge in [-0.2, -0.15) is 0 Å². The summed E-state index contributed by atoms with van der Waals surface area (Å²) in [6, 6.07) is -0.544. The molecular formula is C34H67NO3. The Kier molecular flexibility index (Phi) is 30.0. The number of unbranched alkanes of at least 4 members (excludes halogenated alkanes) is 21. The van der Waals surface area contributed by atoms with Gasteiger partial charge in [0.15, 0.2) is 0 Å². The SMILES string of the molecule is CCCCCC/C=C\CCCC(=O)NC(CO)C(O)CCCCCCCCCCCCCCCCCCC. The van der Waals surface area contributed by atoms with Gasteiger partial charge in [0, 0.05) is 6.42 Å². The van der Waals surface area contributed by atoms with E-state index >= 15 is 0 Å². The summed E-state index contributed by atoms with van der Waals surface area (Å²) < 4.78 is 0. The molecule has 4 heteroatoms. The van der Waals surface area contributed by atoms with E-state index in [1.807, 2.05) is 0 Å². The number of carbonyl (C=O) groups excluding carboxylic acids is 1. The van der Waals surface area contributed by atoms with Gasteiger partial charge >= 0.3 is 0 Å². The fourth-order valence-corrected chi connectivity index (χ4v) is 5.13. The van der Waals surface area contributed by atoms with Gasteiger partial charge in [0.1, 0.15) is 0 Å². The first-order valence-corrected chi connectivity index (χ1v) is 16.9. The van der Waals surface area contributed by atoms with Crippen molar-refractivity contribution in [3.63, 3.8) is 0 Å². The molecule has 2 unspecified atom stereocenters. The molecule has 0 aliphatic carbocycles. The van der Waals surface area contributed by atoms with Gasteiger partial charge in [-0.25, -0.2) is 0 Å². The highest BCUT2D eigenvalue weighted by molar-refractivity contribution is 5.76. The lowest BCUT2D eigenvalue weighted by molar-refractivity contribution is -0.123. The Morgan fingerprint density at radius 3 is 1.45 bits per heavy atom. The van der Waals surface area contributed by atoms with Gasteiger partial charge < -0.3 is 15.5 Å². The fraction of sp³-hybridized carbons (Fsp3) is 0.912. The minimum absolute atomic E-state index is 0.0677. The Balaban J connectivity index is 3.55. The predicted octanol–water partition coefficient (Wildman–Crippen LogP) is 9.56. The number of aliphatic hydroxyl groups is 2. The molecule has 0 aromatic heterocycles. The molecule has 0 radical (unpaired) electrons. The summed E-state index contributed by atoms with van der Waals surface area (Å²) in [6.07, 6.45) is 35.5. The predicted molar refractivity (Wildman–Crippen MR) is 166 cm³/mol. The van der Waals surface area contributed by atoms with Crippen LogP contribution in [0.25, 0.3) is 0 Å². The molecule has 38 heavy (non-hydrogen) atoms.